The second-order valence-electron chi connectivity index (χ2n) is 3.12. The van der Waals surface area contributed by atoms with E-state index in [9.17, 15) is 4.79 Å². The highest BCUT2D eigenvalue weighted by Gasteiger charge is 2.21. The number of nitrogens with two attached hydrogens (primary N) is 1. The number of ether oxygens (including phenoxy) is 1. The van der Waals surface area contributed by atoms with Crippen molar-refractivity contribution in [3.8, 4) is 0 Å². The highest BCUT2D eigenvalue weighted by Crippen LogP contribution is 2.09. The van der Waals surface area contributed by atoms with Crippen LogP contribution in [0.4, 0.5) is 0 Å². The van der Waals surface area contributed by atoms with Crippen molar-refractivity contribution < 1.29 is 14.8 Å². The average molecular weight is 284 g/mol. The molecule has 0 aromatic rings. The summed E-state index contributed by atoms with van der Waals surface area (Å²) in [6, 6.07) is 0. The zero-order chi connectivity index (χ0) is 8.97. The minimum absolute atomic E-state index is 0.0199. The Labute approximate surface area is 86.4 Å². The number of halogens is 1. The van der Waals surface area contributed by atoms with Crippen LogP contribution < -0.4 is 5.32 Å². The number of esters is 1. The van der Waals surface area contributed by atoms with Crippen LogP contribution in [0, 0.1) is 0 Å². The van der Waals surface area contributed by atoms with Gasteiger partial charge >= 0.3 is 5.97 Å². The maximum absolute atomic E-state index is 11.2. The molecule has 70 valence electrons. The number of hydrogen-bond donors (Lipinski definition) is 1. The zero-order valence-corrected chi connectivity index (χ0v) is 9.41. The molecular formula is C8H15INO2+. The highest BCUT2D eigenvalue weighted by atomic mass is 127. The van der Waals surface area contributed by atoms with Crippen molar-refractivity contribution in [2.75, 3.05) is 13.1 Å². The van der Waals surface area contributed by atoms with E-state index in [1.165, 1.54) is 0 Å². The van der Waals surface area contributed by atoms with Crippen molar-refractivity contribution in [1.82, 2.24) is 0 Å². The van der Waals surface area contributed by atoms with E-state index in [1.54, 1.807) is 0 Å². The molecule has 1 saturated heterocycles. The number of hydrogen-bond acceptors (Lipinski definition) is 2. The standard InChI is InChI=1S/C8H14INO2/c1-6(9)8(11)12-7-2-4-10-5-3-7/h6-7,10H,2-5H2,1H3/p+1. The first kappa shape index (κ1) is 10.2. The van der Waals surface area contributed by atoms with Crippen LogP contribution in [0.3, 0.4) is 0 Å². The molecule has 1 aliphatic rings. The first-order valence-electron chi connectivity index (χ1n) is 4.36. The molecule has 2 N–H and O–H groups in total. The van der Waals surface area contributed by atoms with Crippen LogP contribution in [-0.2, 0) is 9.53 Å². The average Bonchev–Trinajstić information content (AvgIpc) is 2.06. The molecule has 0 saturated carbocycles. The maximum atomic E-state index is 11.2. The van der Waals surface area contributed by atoms with E-state index in [-0.39, 0.29) is 16.0 Å². The molecule has 4 heteroatoms. The van der Waals surface area contributed by atoms with Gasteiger partial charge in [-0.1, -0.05) is 22.6 Å². The predicted molar refractivity (Wildman–Crippen MR) is 54.3 cm³/mol. The summed E-state index contributed by atoms with van der Waals surface area (Å²) in [4.78, 5) is 11.2. The number of rotatable bonds is 2. The summed E-state index contributed by atoms with van der Waals surface area (Å²) < 4.78 is 5.27. The van der Waals surface area contributed by atoms with Gasteiger partial charge in [-0.3, -0.25) is 4.79 Å². The lowest BCUT2D eigenvalue weighted by atomic mass is 10.1. The smallest absolute Gasteiger partial charge is 0.318 e. The first-order valence-corrected chi connectivity index (χ1v) is 5.61. The Kier molecular flexibility index (Phi) is 4.28. The molecule has 0 aliphatic carbocycles. The van der Waals surface area contributed by atoms with Crippen LogP contribution in [0.5, 0.6) is 0 Å². The summed E-state index contributed by atoms with van der Waals surface area (Å²) in [5, 5.41) is 2.26. The van der Waals surface area contributed by atoms with Crippen molar-refractivity contribution in [2.45, 2.75) is 29.8 Å². The SMILES string of the molecule is CC(I)C(=O)OC1CC[NH2+]CC1. The van der Waals surface area contributed by atoms with E-state index in [0.717, 1.165) is 25.9 Å². The second-order valence-corrected chi connectivity index (χ2v) is 4.99. The van der Waals surface area contributed by atoms with Gasteiger partial charge in [-0.2, -0.15) is 0 Å². The van der Waals surface area contributed by atoms with Crippen molar-refractivity contribution >= 4 is 28.6 Å². The molecule has 0 amide bonds. The fraction of sp³-hybridized carbons (Fsp3) is 0.875. The second kappa shape index (κ2) is 5.01. The molecule has 0 bridgehead atoms. The topological polar surface area (TPSA) is 42.9 Å². The summed E-state index contributed by atoms with van der Waals surface area (Å²) in [7, 11) is 0. The molecule has 1 aliphatic heterocycles. The van der Waals surface area contributed by atoms with Gasteiger partial charge in [-0.05, 0) is 6.92 Å². The van der Waals surface area contributed by atoms with Crippen LogP contribution in [0.15, 0.2) is 0 Å². The summed E-state index contributed by atoms with van der Waals surface area (Å²) in [5.74, 6) is -0.0671. The van der Waals surface area contributed by atoms with Gasteiger partial charge in [0.25, 0.3) is 0 Å². The number of alkyl halides is 1. The van der Waals surface area contributed by atoms with Gasteiger partial charge in [-0.15, -0.1) is 0 Å². The Hall–Kier alpha value is 0.160. The molecule has 1 heterocycles. The predicted octanol–water partition coefficient (Wildman–Crippen LogP) is 0.0789. The normalized spacial score (nSPS) is 21.8. The van der Waals surface area contributed by atoms with Gasteiger partial charge in [0.1, 0.15) is 10.0 Å². The monoisotopic (exact) mass is 284 g/mol. The number of piperidine rings is 1. The fourth-order valence-corrected chi connectivity index (χ4v) is 1.42. The first-order chi connectivity index (χ1) is 5.70. The van der Waals surface area contributed by atoms with E-state index in [4.69, 9.17) is 4.74 Å². The minimum Gasteiger partial charge on any atom is -0.461 e. The van der Waals surface area contributed by atoms with Crippen LogP contribution in [-0.4, -0.2) is 29.1 Å². The zero-order valence-electron chi connectivity index (χ0n) is 7.25. The van der Waals surface area contributed by atoms with E-state index in [2.05, 4.69) is 27.9 Å². The van der Waals surface area contributed by atoms with Gasteiger partial charge in [0.05, 0.1) is 13.1 Å². The Bertz CT molecular complexity index is 155. The summed E-state index contributed by atoms with van der Waals surface area (Å²) in [6.45, 7) is 4.04. The van der Waals surface area contributed by atoms with Gasteiger partial charge in [0.15, 0.2) is 0 Å². The maximum Gasteiger partial charge on any atom is 0.318 e. The third-order valence-electron chi connectivity index (χ3n) is 1.99. The van der Waals surface area contributed by atoms with E-state index >= 15 is 0 Å². The summed E-state index contributed by atoms with van der Waals surface area (Å²) in [6.07, 6.45) is 2.20. The van der Waals surface area contributed by atoms with Crippen LogP contribution in [0.2, 0.25) is 0 Å². The minimum atomic E-state index is -0.0671. The number of carbonyl (C=O) groups excluding carboxylic acids is 1. The van der Waals surface area contributed by atoms with Gasteiger partial charge in [0.2, 0.25) is 0 Å². The Morgan fingerprint density at radius 2 is 2.17 bits per heavy atom. The third-order valence-corrected chi connectivity index (χ3v) is 2.50. The van der Waals surface area contributed by atoms with Gasteiger partial charge in [-0.25, -0.2) is 0 Å². The van der Waals surface area contributed by atoms with E-state index in [0.29, 0.717) is 0 Å². The van der Waals surface area contributed by atoms with Crippen molar-refractivity contribution in [3.05, 3.63) is 0 Å². The highest BCUT2D eigenvalue weighted by molar-refractivity contribution is 14.1. The fourth-order valence-electron chi connectivity index (χ4n) is 1.27. The molecule has 1 unspecified atom stereocenters. The lowest BCUT2D eigenvalue weighted by Crippen LogP contribution is -2.86. The molecule has 0 aromatic heterocycles. The summed E-state index contributed by atoms with van der Waals surface area (Å²) in [5.41, 5.74) is 0. The number of quaternary nitrogens is 1. The quantitative estimate of drug-likeness (QED) is 0.443. The molecule has 0 radical (unpaired) electrons. The summed E-state index contributed by atoms with van der Waals surface area (Å²) >= 11 is 2.08. The molecule has 12 heavy (non-hydrogen) atoms. The van der Waals surface area contributed by atoms with Crippen LogP contribution >= 0.6 is 22.6 Å². The molecule has 1 atom stereocenters. The molecule has 0 aromatic carbocycles. The molecule has 3 nitrogen and oxygen atoms in total. The lowest BCUT2D eigenvalue weighted by molar-refractivity contribution is -0.664. The molecule has 1 fully saturated rings. The Morgan fingerprint density at radius 1 is 1.58 bits per heavy atom. The van der Waals surface area contributed by atoms with E-state index in [1.807, 2.05) is 6.92 Å². The molecular weight excluding hydrogens is 269 g/mol. The van der Waals surface area contributed by atoms with E-state index < -0.39 is 0 Å². The number of carbonyl (C=O) groups is 1. The molecule has 0 spiro atoms. The van der Waals surface area contributed by atoms with Crippen LogP contribution in [0.1, 0.15) is 19.8 Å². The largest absolute Gasteiger partial charge is 0.461 e. The van der Waals surface area contributed by atoms with Crippen molar-refractivity contribution in [2.24, 2.45) is 0 Å². The lowest BCUT2D eigenvalue weighted by Gasteiger charge is -2.21. The van der Waals surface area contributed by atoms with Crippen LogP contribution in [0.25, 0.3) is 0 Å². The van der Waals surface area contributed by atoms with Gasteiger partial charge in [0, 0.05) is 12.8 Å². The van der Waals surface area contributed by atoms with Crippen molar-refractivity contribution in [3.63, 3.8) is 0 Å². The van der Waals surface area contributed by atoms with Gasteiger partial charge < -0.3 is 10.1 Å². The van der Waals surface area contributed by atoms with Crippen molar-refractivity contribution in [1.29, 1.82) is 0 Å². The Balaban J connectivity index is 2.24. The Morgan fingerprint density at radius 3 is 2.67 bits per heavy atom. The third kappa shape index (κ3) is 3.26. The molecule has 1 rings (SSSR count).